The first-order valence-corrected chi connectivity index (χ1v) is 9.34. The molecule has 0 aromatic rings. The third-order valence-electron chi connectivity index (χ3n) is 2.85. The van der Waals surface area contributed by atoms with Gasteiger partial charge in [0.15, 0.2) is 8.32 Å². The number of ether oxygens (including phenoxy) is 1. The number of cyclic esters (lactones) is 2. The van der Waals surface area contributed by atoms with Crippen LogP contribution in [0.4, 0.5) is 0 Å². The molecule has 0 spiro atoms. The van der Waals surface area contributed by atoms with Gasteiger partial charge in [-0.15, -0.1) is 0 Å². The van der Waals surface area contributed by atoms with Crippen molar-refractivity contribution in [3.63, 3.8) is 0 Å². The molecule has 0 amide bonds. The molecule has 0 aromatic carbocycles. The van der Waals surface area contributed by atoms with E-state index in [0.717, 1.165) is 18.9 Å². The van der Waals surface area contributed by atoms with Gasteiger partial charge in [0.1, 0.15) is 0 Å². The van der Waals surface area contributed by atoms with E-state index < -0.39 is 8.32 Å². The summed E-state index contributed by atoms with van der Waals surface area (Å²) in [5, 5.41) is 0. The van der Waals surface area contributed by atoms with Crippen LogP contribution in [0.25, 0.3) is 0 Å². The van der Waals surface area contributed by atoms with Crippen LogP contribution in [-0.2, 0) is 18.8 Å². The molecule has 1 saturated heterocycles. The van der Waals surface area contributed by atoms with Crippen LogP contribution in [0.15, 0.2) is 0 Å². The topological polar surface area (TPSA) is 52.6 Å². The quantitative estimate of drug-likeness (QED) is 0.417. The molecule has 1 aliphatic rings. The zero-order valence-electron chi connectivity index (χ0n) is 11.1. The van der Waals surface area contributed by atoms with Crippen molar-refractivity contribution in [3.8, 4) is 0 Å². The lowest BCUT2D eigenvalue weighted by Crippen LogP contribution is -2.33. The van der Waals surface area contributed by atoms with Gasteiger partial charge in [-0.05, 0) is 39.4 Å². The Morgan fingerprint density at radius 1 is 1.41 bits per heavy atom. The van der Waals surface area contributed by atoms with E-state index >= 15 is 0 Å². The number of esters is 2. The fraction of sp³-hybridized carbons (Fsp3) is 0.833. The minimum absolute atomic E-state index is 0.216. The van der Waals surface area contributed by atoms with Crippen molar-refractivity contribution in [2.75, 3.05) is 0 Å². The van der Waals surface area contributed by atoms with E-state index in [1.165, 1.54) is 0 Å². The third-order valence-corrected chi connectivity index (χ3v) is 5.51. The van der Waals surface area contributed by atoms with Crippen molar-refractivity contribution in [3.05, 3.63) is 0 Å². The molecular formula is C12H22O4Si. The number of carbonyl (C=O) groups excluding carboxylic acids is 2. The Hall–Kier alpha value is -0.683. The van der Waals surface area contributed by atoms with Gasteiger partial charge < -0.3 is 9.16 Å². The lowest BCUT2D eigenvalue weighted by Gasteiger charge is -2.25. The Bertz CT molecular complexity index is 299. The molecule has 0 radical (unpaired) electrons. The molecule has 17 heavy (non-hydrogen) atoms. The zero-order valence-corrected chi connectivity index (χ0v) is 12.1. The molecule has 1 aliphatic heterocycles. The summed E-state index contributed by atoms with van der Waals surface area (Å²) < 4.78 is 10.4. The van der Waals surface area contributed by atoms with Crippen molar-refractivity contribution in [2.45, 2.75) is 58.4 Å². The molecular weight excluding hydrogens is 236 g/mol. The highest BCUT2D eigenvalue weighted by atomic mass is 28.4. The first kappa shape index (κ1) is 14.4. The smallest absolute Gasteiger partial charge is 0.317 e. The van der Waals surface area contributed by atoms with E-state index in [0.29, 0.717) is 0 Å². The largest absolute Gasteiger partial charge is 0.415 e. The predicted octanol–water partition coefficient (Wildman–Crippen LogP) is 2.49. The summed E-state index contributed by atoms with van der Waals surface area (Å²) in [7, 11) is -1.61. The molecule has 1 heterocycles. The summed E-state index contributed by atoms with van der Waals surface area (Å²) in [4.78, 5) is 22.2. The monoisotopic (exact) mass is 258 g/mol. The number of rotatable bonds is 6. The fourth-order valence-electron chi connectivity index (χ4n) is 2.21. The van der Waals surface area contributed by atoms with Gasteiger partial charge in [0.25, 0.3) is 0 Å². The Labute approximate surface area is 104 Å². The number of hydrogen-bond donors (Lipinski definition) is 0. The molecule has 0 bridgehead atoms. The van der Waals surface area contributed by atoms with Crippen LogP contribution in [-0.4, -0.2) is 26.4 Å². The van der Waals surface area contributed by atoms with E-state index in [2.05, 4.69) is 17.8 Å². The highest BCUT2D eigenvalue weighted by Gasteiger charge is 2.33. The van der Waals surface area contributed by atoms with E-state index in [-0.39, 0.29) is 30.4 Å². The molecule has 0 aliphatic carbocycles. The number of hydrogen-bond acceptors (Lipinski definition) is 4. The van der Waals surface area contributed by atoms with Crippen molar-refractivity contribution in [2.24, 2.45) is 5.92 Å². The van der Waals surface area contributed by atoms with Crippen LogP contribution in [0.3, 0.4) is 0 Å². The molecule has 0 N–H and O–H groups in total. The van der Waals surface area contributed by atoms with Crippen LogP contribution in [0.5, 0.6) is 0 Å². The van der Waals surface area contributed by atoms with Gasteiger partial charge in [0.05, 0.1) is 12.3 Å². The minimum Gasteiger partial charge on any atom is -0.415 e. The molecule has 0 aromatic heterocycles. The second-order valence-corrected chi connectivity index (χ2v) is 9.77. The highest BCUT2D eigenvalue weighted by molar-refractivity contribution is 6.71. The van der Waals surface area contributed by atoms with Crippen molar-refractivity contribution < 1.29 is 18.8 Å². The van der Waals surface area contributed by atoms with Crippen LogP contribution >= 0.6 is 0 Å². The molecule has 1 atom stereocenters. The normalized spacial score (nSPS) is 21.1. The van der Waals surface area contributed by atoms with E-state index in [1.807, 2.05) is 13.8 Å². The first-order valence-electron chi connectivity index (χ1n) is 6.22. The van der Waals surface area contributed by atoms with Crippen molar-refractivity contribution >= 4 is 20.3 Å². The maximum Gasteiger partial charge on any atom is 0.317 e. The second kappa shape index (κ2) is 5.77. The first-order chi connectivity index (χ1) is 7.80. The maximum absolute atomic E-state index is 11.3. The Balaban J connectivity index is 2.28. The summed E-state index contributed by atoms with van der Waals surface area (Å²) >= 11 is 0. The SMILES string of the molecule is CC(C)O[Si](C)(C)CCCC1CC(=O)OC1=O. The predicted molar refractivity (Wildman–Crippen MR) is 67.0 cm³/mol. The summed E-state index contributed by atoms with van der Waals surface area (Å²) in [6.45, 7) is 8.46. The number of carbonyl (C=O) groups is 2. The lowest BCUT2D eigenvalue weighted by atomic mass is 10.0. The van der Waals surface area contributed by atoms with Gasteiger partial charge in [-0.3, -0.25) is 9.59 Å². The molecule has 1 fully saturated rings. The Morgan fingerprint density at radius 3 is 2.53 bits per heavy atom. The molecule has 1 unspecified atom stereocenters. The Kier molecular flexibility index (Phi) is 4.88. The third kappa shape index (κ3) is 5.00. The lowest BCUT2D eigenvalue weighted by molar-refractivity contribution is -0.153. The summed E-state index contributed by atoms with van der Waals surface area (Å²) in [6.07, 6.45) is 2.18. The summed E-state index contributed by atoms with van der Waals surface area (Å²) in [6, 6.07) is 1.02. The molecule has 1 rings (SSSR count). The van der Waals surface area contributed by atoms with E-state index in [1.54, 1.807) is 0 Å². The maximum atomic E-state index is 11.3. The van der Waals surface area contributed by atoms with Gasteiger partial charge >= 0.3 is 11.9 Å². The van der Waals surface area contributed by atoms with Gasteiger partial charge in [0.2, 0.25) is 0 Å². The highest BCUT2D eigenvalue weighted by Crippen LogP contribution is 2.25. The molecule has 98 valence electrons. The van der Waals surface area contributed by atoms with Crippen LogP contribution in [0.1, 0.15) is 33.1 Å². The fourth-order valence-corrected chi connectivity index (χ4v) is 4.66. The van der Waals surface area contributed by atoms with Crippen LogP contribution in [0.2, 0.25) is 19.1 Å². The summed E-state index contributed by atoms with van der Waals surface area (Å²) in [5.41, 5.74) is 0. The molecule has 0 saturated carbocycles. The minimum atomic E-state index is -1.61. The van der Waals surface area contributed by atoms with Gasteiger partial charge in [-0.25, -0.2) is 0 Å². The zero-order chi connectivity index (χ0) is 13.1. The van der Waals surface area contributed by atoms with Crippen molar-refractivity contribution in [1.29, 1.82) is 0 Å². The van der Waals surface area contributed by atoms with Gasteiger partial charge in [-0.2, -0.15) is 0 Å². The van der Waals surface area contributed by atoms with Gasteiger partial charge in [-0.1, -0.05) is 6.42 Å². The van der Waals surface area contributed by atoms with Crippen LogP contribution in [0, 0.1) is 5.92 Å². The summed E-state index contributed by atoms with van der Waals surface area (Å²) in [5.74, 6) is -0.944. The van der Waals surface area contributed by atoms with E-state index in [4.69, 9.17) is 4.43 Å². The standard InChI is InChI=1S/C12H22O4Si/c1-9(2)16-17(3,4)7-5-6-10-8-11(13)15-12(10)14/h9-10H,5-8H2,1-4H3. The van der Waals surface area contributed by atoms with Crippen LogP contribution < -0.4 is 0 Å². The molecule has 4 nitrogen and oxygen atoms in total. The van der Waals surface area contributed by atoms with E-state index in [9.17, 15) is 9.59 Å². The average Bonchev–Trinajstić information content (AvgIpc) is 2.42. The second-order valence-electron chi connectivity index (χ2n) is 5.51. The van der Waals surface area contributed by atoms with Gasteiger partial charge in [0, 0.05) is 6.10 Å². The molecule has 5 heteroatoms. The average molecular weight is 258 g/mol. The van der Waals surface area contributed by atoms with Crippen molar-refractivity contribution in [1.82, 2.24) is 0 Å². The Morgan fingerprint density at radius 2 is 2.06 bits per heavy atom.